The van der Waals surface area contributed by atoms with Crippen molar-refractivity contribution in [3.8, 4) is 11.1 Å². The van der Waals surface area contributed by atoms with E-state index in [-0.39, 0.29) is 31.4 Å². The van der Waals surface area contributed by atoms with Crippen molar-refractivity contribution in [1.82, 2.24) is 4.90 Å². The third-order valence-electron chi connectivity index (χ3n) is 6.72. The quantitative estimate of drug-likeness (QED) is 0.851. The Morgan fingerprint density at radius 2 is 1.69 bits per heavy atom. The molecule has 0 spiro atoms. The molecule has 1 saturated carbocycles. The predicted molar refractivity (Wildman–Crippen MR) is 104 cm³/mol. The van der Waals surface area contributed by atoms with Crippen molar-refractivity contribution >= 4 is 12.1 Å². The maximum absolute atomic E-state index is 14.8. The lowest BCUT2D eigenvalue weighted by molar-refractivity contribution is -0.153. The van der Waals surface area contributed by atoms with Gasteiger partial charge < -0.3 is 14.7 Å². The van der Waals surface area contributed by atoms with Gasteiger partial charge >= 0.3 is 12.1 Å². The third-order valence-corrected chi connectivity index (χ3v) is 6.72. The highest BCUT2D eigenvalue weighted by Gasteiger charge is 2.57. The number of carbonyl (C=O) groups excluding carboxylic acids is 1. The molecule has 29 heavy (non-hydrogen) atoms. The van der Waals surface area contributed by atoms with Gasteiger partial charge in [-0.15, -0.1) is 0 Å². The number of ether oxygens (including phenoxy) is 1. The van der Waals surface area contributed by atoms with Crippen LogP contribution >= 0.6 is 0 Å². The standard InChI is InChI=1S/C23H22FNO4/c24-23(21(26)27)10-14-9-15(23)12-25(11-14)22(28)29-13-20-18-7-3-1-5-16(18)17-6-2-4-8-19(17)20/h1-8,14-15,20H,9-13H2,(H,26,27)/t14-,15-,23-/m1/s1. The van der Waals surface area contributed by atoms with Crippen molar-refractivity contribution < 1.29 is 23.8 Å². The van der Waals surface area contributed by atoms with E-state index >= 15 is 0 Å². The monoisotopic (exact) mass is 395 g/mol. The Balaban J connectivity index is 1.30. The van der Waals surface area contributed by atoms with Gasteiger partial charge in [-0.2, -0.15) is 0 Å². The van der Waals surface area contributed by atoms with Crippen LogP contribution in [0.2, 0.25) is 0 Å². The third kappa shape index (κ3) is 2.81. The fourth-order valence-corrected chi connectivity index (χ4v) is 5.37. The van der Waals surface area contributed by atoms with Crippen molar-refractivity contribution in [2.75, 3.05) is 19.7 Å². The lowest BCUT2D eigenvalue weighted by Crippen LogP contribution is -2.46. The van der Waals surface area contributed by atoms with Crippen LogP contribution in [0.3, 0.4) is 0 Å². The molecule has 1 saturated heterocycles. The highest BCUT2D eigenvalue weighted by molar-refractivity contribution is 5.80. The summed E-state index contributed by atoms with van der Waals surface area (Å²) in [7, 11) is 0. The number of amides is 1. The summed E-state index contributed by atoms with van der Waals surface area (Å²) in [6, 6.07) is 16.2. The highest BCUT2D eigenvalue weighted by atomic mass is 19.1. The van der Waals surface area contributed by atoms with E-state index in [1.54, 1.807) is 0 Å². The van der Waals surface area contributed by atoms with E-state index in [1.807, 2.05) is 24.3 Å². The molecule has 2 aromatic rings. The lowest BCUT2D eigenvalue weighted by atomic mass is 9.92. The Kier molecular flexibility index (Phi) is 4.12. The fraction of sp³-hybridized carbons (Fsp3) is 0.391. The number of alkyl halides is 1. The molecule has 2 bridgehead atoms. The Labute approximate surface area is 168 Å². The van der Waals surface area contributed by atoms with Crippen molar-refractivity contribution in [1.29, 1.82) is 0 Å². The van der Waals surface area contributed by atoms with Gasteiger partial charge in [0.25, 0.3) is 0 Å². The van der Waals surface area contributed by atoms with Gasteiger partial charge in [0.15, 0.2) is 0 Å². The lowest BCUT2D eigenvalue weighted by Gasteiger charge is -2.32. The number of benzene rings is 2. The number of likely N-dealkylation sites (tertiary alicyclic amines) is 1. The van der Waals surface area contributed by atoms with Crippen molar-refractivity contribution in [3.05, 3.63) is 59.7 Å². The number of hydrogen-bond donors (Lipinski definition) is 1. The van der Waals surface area contributed by atoms with E-state index in [0.29, 0.717) is 13.0 Å². The molecular weight excluding hydrogens is 373 g/mol. The minimum absolute atomic E-state index is 0.0276. The number of hydrogen-bond acceptors (Lipinski definition) is 3. The first-order valence-electron chi connectivity index (χ1n) is 9.99. The summed E-state index contributed by atoms with van der Waals surface area (Å²) in [5.41, 5.74) is 2.35. The molecule has 0 unspecified atom stereocenters. The zero-order valence-corrected chi connectivity index (χ0v) is 15.9. The molecule has 2 aromatic carbocycles. The minimum Gasteiger partial charge on any atom is -0.479 e. The SMILES string of the molecule is O=C(OCC1c2ccccc2-c2ccccc21)N1C[C@@H]2C[C@H](C1)[C@@](F)(C(=O)O)C2. The smallest absolute Gasteiger partial charge is 0.409 e. The van der Waals surface area contributed by atoms with E-state index in [9.17, 15) is 19.1 Å². The zero-order chi connectivity index (χ0) is 20.2. The Bertz CT molecular complexity index is 947. The van der Waals surface area contributed by atoms with E-state index < -0.39 is 23.6 Å². The molecule has 3 atom stereocenters. The van der Waals surface area contributed by atoms with Crippen LogP contribution in [0.15, 0.2) is 48.5 Å². The van der Waals surface area contributed by atoms with Gasteiger partial charge in [0.2, 0.25) is 5.67 Å². The van der Waals surface area contributed by atoms with E-state index in [2.05, 4.69) is 24.3 Å². The maximum Gasteiger partial charge on any atom is 0.409 e. The molecule has 5 rings (SSSR count). The first-order chi connectivity index (χ1) is 14.0. The van der Waals surface area contributed by atoms with Crippen LogP contribution in [0.1, 0.15) is 29.9 Å². The first kappa shape index (κ1) is 18.2. The number of halogens is 1. The number of rotatable bonds is 3. The Morgan fingerprint density at radius 1 is 1.07 bits per heavy atom. The number of piperidine rings is 1. The normalized spacial score (nSPS) is 27.4. The summed E-state index contributed by atoms with van der Waals surface area (Å²) in [6.07, 6.45) is -0.00738. The molecule has 150 valence electrons. The van der Waals surface area contributed by atoms with Gasteiger partial charge in [-0.3, -0.25) is 0 Å². The second kappa shape index (κ2) is 6.58. The molecule has 2 aliphatic carbocycles. The van der Waals surface area contributed by atoms with Crippen LogP contribution in [0, 0.1) is 11.8 Å². The van der Waals surface area contributed by atoms with Gasteiger partial charge in [-0.1, -0.05) is 48.5 Å². The van der Waals surface area contributed by atoms with E-state index in [0.717, 1.165) is 22.3 Å². The predicted octanol–water partition coefficient (Wildman–Crippen LogP) is 4.07. The summed E-state index contributed by atoms with van der Waals surface area (Å²) in [5.74, 6) is -2.25. The minimum atomic E-state index is -2.23. The average Bonchev–Trinajstić information content (AvgIpc) is 3.17. The Morgan fingerprint density at radius 3 is 2.31 bits per heavy atom. The molecule has 3 aliphatic rings. The van der Waals surface area contributed by atoms with Crippen LogP contribution in [0.5, 0.6) is 0 Å². The molecule has 1 heterocycles. The van der Waals surface area contributed by atoms with Gasteiger partial charge in [-0.25, -0.2) is 14.0 Å². The van der Waals surface area contributed by atoms with E-state index in [4.69, 9.17) is 4.74 Å². The zero-order valence-electron chi connectivity index (χ0n) is 15.9. The molecule has 0 aromatic heterocycles. The van der Waals surface area contributed by atoms with E-state index in [1.165, 1.54) is 4.90 Å². The van der Waals surface area contributed by atoms with Crippen LogP contribution in [-0.4, -0.2) is 47.4 Å². The summed E-state index contributed by atoms with van der Waals surface area (Å²) in [6.45, 7) is 0.653. The molecular formula is C23H22FNO4. The van der Waals surface area contributed by atoms with Crippen LogP contribution in [0.25, 0.3) is 11.1 Å². The number of carbonyl (C=O) groups is 2. The van der Waals surface area contributed by atoms with Crippen molar-refractivity contribution in [2.24, 2.45) is 11.8 Å². The fourth-order valence-electron chi connectivity index (χ4n) is 5.37. The second-order valence-corrected chi connectivity index (χ2v) is 8.38. The van der Waals surface area contributed by atoms with Crippen LogP contribution < -0.4 is 0 Å². The second-order valence-electron chi connectivity index (χ2n) is 8.38. The number of fused-ring (bicyclic) bond motifs is 5. The summed E-state index contributed by atoms with van der Waals surface area (Å²) >= 11 is 0. The average molecular weight is 395 g/mol. The first-order valence-corrected chi connectivity index (χ1v) is 9.99. The van der Waals surface area contributed by atoms with Crippen molar-refractivity contribution in [2.45, 2.75) is 24.4 Å². The molecule has 5 nitrogen and oxygen atoms in total. The topological polar surface area (TPSA) is 66.8 Å². The molecule has 1 N–H and O–H groups in total. The van der Waals surface area contributed by atoms with Gasteiger partial charge in [0, 0.05) is 24.9 Å². The summed E-state index contributed by atoms with van der Waals surface area (Å²) in [4.78, 5) is 25.6. The molecule has 0 radical (unpaired) electrons. The van der Waals surface area contributed by atoms with Gasteiger partial charge in [-0.05, 0) is 41.0 Å². The van der Waals surface area contributed by atoms with Gasteiger partial charge in [0.05, 0.1) is 0 Å². The Hall–Kier alpha value is -2.89. The molecule has 1 amide bonds. The summed E-state index contributed by atoms with van der Waals surface area (Å²) < 4.78 is 20.5. The molecule has 1 aliphatic heterocycles. The molecule has 2 fully saturated rings. The number of carboxylic acid groups (broad SMARTS) is 1. The highest BCUT2D eigenvalue weighted by Crippen LogP contribution is 2.47. The van der Waals surface area contributed by atoms with Crippen molar-refractivity contribution in [3.63, 3.8) is 0 Å². The number of aliphatic carboxylic acids is 1. The molecule has 6 heteroatoms. The van der Waals surface area contributed by atoms with Gasteiger partial charge in [0.1, 0.15) is 6.61 Å². The maximum atomic E-state index is 14.8. The summed E-state index contributed by atoms with van der Waals surface area (Å²) in [5, 5.41) is 9.27. The number of nitrogens with zero attached hydrogens (tertiary/aromatic N) is 1. The van der Waals surface area contributed by atoms with Crippen LogP contribution in [-0.2, 0) is 9.53 Å². The number of carboxylic acids is 1. The van der Waals surface area contributed by atoms with Crippen LogP contribution in [0.4, 0.5) is 9.18 Å². The largest absolute Gasteiger partial charge is 0.479 e.